The van der Waals surface area contributed by atoms with Crippen LogP contribution in [0.1, 0.15) is 114 Å². The average molecular weight is 819 g/mol. The largest absolute Gasteiger partial charge is 1.00 e. The number of hydrogen-bond donors (Lipinski definition) is 0. The first-order chi connectivity index (χ1) is 24.4. The van der Waals surface area contributed by atoms with E-state index in [4.69, 9.17) is 0 Å². The summed E-state index contributed by atoms with van der Waals surface area (Å²) >= 11 is -2.85. The van der Waals surface area contributed by atoms with Crippen LogP contribution in [0.25, 0.3) is 11.1 Å². The molecular formula is C50H56Cl2Zr. The molecule has 10 rings (SSSR count). The van der Waals surface area contributed by atoms with Gasteiger partial charge in [-0.15, -0.1) is 0 Å². The molecule has 0 radical (unpaired) electrons. The van der Waals surface area contributed by atoms with E-state index >= 15 is 0 Å². The van der Waals surface area contributed by atoms with Gasteiger partial charge in [-0.25, -0.2) is 0 Å². The fraction of sp³-hybridized carbons (Fsp3) is 0.420. The maximum absolute atomic E-state index is 2.85. The van der Waals surface area contributed by atoms with Gasteiger partial charge in [0, 0.05) is 0 Å². The van der Waals surface area contributed by atoms with Gasteiger partial charge >= 0.3 is 318 Å². The average Bonchev–Trinajstić information content (AvgIpc) is 3.66. The van der Waals surface area contributed by atoms with Gasteiger partial charge in [-0.2, -0.15) is 0 Å². The molecule has 0 amide bonds. The van der Waals surface area contributed by atoms with E-state index < -0.39 is 21.3 Å². The predicted molar refractivity (Wildman–Crippen MR) is 214 cm³/mol. The summed E-state index contributed by atoms with van der Waals surface area (Å²) in [5.74, 6) is 5.13. The van der Waals surface area contributed by atoms with Crippen LogP contribution in [-0.2, 0) is 38.5 Å². The third-order valence-corrected chi connectivity index (χ3v) is 21.6. The van der Waals surface area contributed by atoms with E-state index in [0.29, 0.717) is 5.92 Å². The van der Waals surface area contributed by atoms with Gasteiger partial charge < -0.3 is 24.8 Å². The third kappa shape index (κ3) is 7.04. The molecule has 0 aliphatic heterocycles. The summed E-state index contributed by atoms with van der Waals surface area (Å²) < 4.78 is 5.14. The smallest absolute Gasteiger partial charge is 1.00 e. The quantitative estimate of drug-likeness (QED) is 0.207. The fourth-order valence-electron chi connectivity index (χ4n) is 11.3. The first-order valence-corrected chi connectivity index (χ1v) is 23.7. The molecule has 4 aromatic rings. The van der Waals surface area contributed by atoms with Crippen molar-refractivity contribution in [1.82, 2.24) is 0 Å². The number of halogens is 2. The first-order valence-electron chi connectivity index (χ1n) is 20.0. The molecule has 0 nitrogen and oxygen atoms in total. The van der Waals surface area contributed by atoms with Crippen LogP contribution in [0, 0.1) is 35.5 Å². The molecule has 1 unspecified atom stereocenters. The SMILES string of the molecule is CC1C=C(C2C3CC4CC(C3)CC2C4)C=[C]1[Zr+2](=[C](c1ccc(C(C)(C)C)cc1)c1ccc(C(C)(C)C)cc1)[c]1cccc2c1Cc1ccccc1-2.[Cl-].[Cl-]. The molecular weight excluding hydrogens is 763 g/mol. The Hall–Kier alpha value is -2.31. The van der Waals surface area contributed by atoms with Gasteiger partial charge in [0.1, 0.15) is 0 Å². The number of rotatable bonds is 5. The Labute approximate surface area is 340 Å². The molecule has 1 atom stereocenters. The summed E-state index contributed by atoms with van der Waals surface area (Å²) in [5, 5.41) is 0. The molecule has 6 aliphatic carbocycles. The van der Waals surface area contributed by atoms with Gasteiger partial charge in [-0.05, 0) is 0 Å². The van der Waals surface area contributed by atoms with Gasteiger partial charge in [0.15, 0.2) is 0 Å². The van der Waals surface area contributed by atoms with Crippen molar-refractivity contribution < 1.29 is 46.1 Å². The van der Waals surface area contributed by atoms with E-state index in [9.17, 15) is 0 Å². The van der Waals surface area contributed by atoms with Crippen molar-refractivity contribution in [2.75, 3.05) is 0 Å². The van der Waals surface area contributed by atoms with E-state index in [2.05, 4.69) is 152 Å². The van der Waals surface area contributed by atoms with Crippen LogP contribution in [0.3, 0.4) is 0 Å². The van der Waals surface area contributed by atoms with Crippen molar-refractivity contribution in [1.29, 1.82) is 0 Å². The van der Waals surface area contributed by atoms with Crippen LogP contribution in [0.5, 0.6) is 0 Å². The molecule has 6 aliphatic rings. The molecule has 3 heteroatoms. The molecule has 53 heavy (non-hydrogen) atoms. The molecule has 0 saturated heterocycles. The minimum absolute atomic E-state index is 0. The van der Waals surface area contributed by atoms with Gasteiger partial charge in [0.2, 0.25) is 0 Å². The molecule has 0 heterocycles. The van der Waals surface area contributed by atoms with Gasteiger partial charge in [-0.3, -0.25) is 0 Å². The van der Waals surface area contributed by atoms with Crippen molar-refractivity contribution in [3.05, 3.63) is 145 Å². The van der Waals surface area contributed by atoms with Crippen molar-refractivity contribution in [3.63, 3.8) is 0 Å². The Kier molecular flexibility index (Phi) is 10.8. The van der Waals surface area contributed by atoms with Crippen molar-refractivity contribution in [3.8, 4) is 11.1 Å². The Morgan fingerprint density at radius 2 is 1.13 bits per heavy atom. The molecule has 0 N–H and O–H groups in total. The molecule has 4 aromatic carbocycles. The number of fused-ring (bicyclic) bond motifs is 3. The minimum Gasteiger partial charge on any atom is -1.00 e. The zero-order valence-electron chi connectivity index (χ0n) is 32.8. The third-order valence-electron chi connectivity index (χ3n) is 13.6. The second-order valence-electron chi connectivity index (χ2n) is 19.1. The second-order valence-corrected chi connectivity index (χ2v) is 24.9. The number of hydrogen-bond acceptors (Lipinski definition) is 0. The van der Waals surface area contributed by atoms with Crippen LogP contribution in [0.15, 0.2) is 112 Å². The summed E-state index contributed by atoms with van der Waals surface area (Å²) in [4.78, 5) is 0. The Bertz CT molecular complexity index is 2010. The van der Waals surface area contributed by atoms with Crippen LogP contribution < -0.4 is 28.1 Å². The number of allylic oxidation sites excluding steroid dienone is 4. The molecule has 4 bridgehead atoms. The summed E-state index contributed by atoms with van der Waals surface area (Å²) in [7, 11) is 0. The molecule has 4 saturated carbocycles. The van der Waals surface area contributed by atoms with Crippen molar-refractivity contribution >= 4 is 6.48 Å². The van der Waals surface area contributed by atoms with Crippen molar-refractivity contribution in [2.45, 2.75) is 97.8 Å². The van der Waals surface area contributed by atoms with E-state index in [1.54, 1.807) is 20.9 Å². The Morgan fingerprint density at radius 3 is 1.68 bits per heavy atom. The van der Waals surface area contributed by atoms with Gasteiger partial charge in [0.05, 0.1) is 0 Å². The monoisotopic (exact) mass is 816 g/mol. The first kappa shape index (κ1) is 38.9. The zero-order chi connectivity index (χ0) is 35.2. The van der Waals surface area contributed by atoms with E-state index in [1.165, 1.54) is 71.0 Å². The van der Waals surface area contributed by atoms with Crippen LogP contribution in [0.4, 0.5) is 0 Å². The molecule has 4 fully saturated rings. The summed E-state index contributed by atoms with van der Waals surface area (Å²) in [6, 6.07) is 36.2. The number of benzene rings is 4. The molecule has 0 spiro atoms. The summed E-state index contributed by atoms with van der Waals surface area (Å²) in [6.45, 7) is 16.6. The molecule has 274 valence electrons. The summed E-state index contributed by atoms with van der Waals surface area (Å²) in [6.07, 6.45) is 14.1. The zero-order valence-corrected chi connectivity index (χ0v) is 36.7. The predicted octanol–water partition coefficient (Wildman–Crippen LogP) is 5.91. The molecule has 0 aromatic heterocycles. The fourth-order valence-corrected chi connectivity index (χ4v) is 19.7. The van der Waals surface area contributed by atoms with Gasteiger partial charge in [0.25, 0.3) is 0 Å². The topological polar surface area (TPSA) is 0 Å². The second kappa shape index (κ2) is 14.6. The maximum Gasteiger partial charge on any atom is -1.00 e. The van der Waals surface area contributed by atoms with Crippen LogP contribution in [0.2, 0.25) is 0 Å². The Morgan fingerprint density at radius 1 is 0.604 bits per heavy atom. The maximum atomic E-state index is 2.83. The summed E-state index contributed by atoms with van der Waals surface area (Å²) in [5.41, 5.74) is 13.7. The minimum atomic E-state index is -2.85. The van der Waals surface area contributed by atoms with E-state index in [1.807, 2.05) is 0 Å². The van der Waals surface area contributed by atoms with Crippen molar-refractivity contribution in [2.24, 2.45) is 35.5 Å². The standard InChI is InChI=1S/C21H26.C16H21.C13H9.2ClH.Zr/c1-20(2,3)18-11-7-16(8-12-18)15-17-9-13-19(14-10-17)21(4,5)6;1-10-2-3-13(4-10)16-14-6-11-5-12(8-14)9-15(16)7-11;1-3-7-12-10(5-1)9-11-6-2-4-8-13(11)12;;;/h7-14H,1-6H3;3-4,10-12,14-16H,5-9H2,1H3;1-5,7-8H,9H2;2*1H;/q;;;;;+2/p-2. The van der Waals surface area contributed by atoms with Crippen LogP contribution >= 0.6 is 0 Å². The van der Waals surface area contributed by atoms with Gasteiger partial charge in [-0.1, -0.05) is 0 Å². The normalized spacial score (nSPS) is 24.9. The van der Waals surface area contributed by atoms with E-state index in [0.717, 1.165) is 36.0 Å². The van der Waals surface area contributed by atoms with Crippen LogP contribution in [-0.4, -0.2) is 3.21 Å². The van der Waals surface area contributed by atoms with E-state index in [-0.39, 0.29) is 35.6 Å². The Balaban J connectivity index is 0.00000218.